The van der Waals surface area contributed by atoms with Gasteiger partial charge in [0.05, 0.1) is 21.2 Å². The third kappa shape index (κ3) is 4.21. The summed E-state index contributed by atoms with van der Waals surface area (Å²) < 4.78 is 0.405. The molecule has 3 rings (SSSR count). The zero-order valence-electron chi connectivity index (χ0n) is 17.4. The van der Waals surface area contributed by atoms with Gasteiger partial charge in [0.15, 0.2) is 5.70 Å². The first kappa shape index (κ1) is 24.1. The van der Waals surface area contributed by atoms with Crippen molar-refractivity contribution in [2.24, 2.45) is 5.92 Å². The molecule has 2 aliphatic rings. The molecule has 172 valence electrons. The number of hydrogen-bond acceptors (Lipinski definition) is 8. The number of fused-ring (bicyclic) bond motifs is 1. The van der Waals surface area contributed by atoms with Gasteiger partial charge in [0, 0.05) is 37.8 Å². The maximum atomic E-state index is 13.0. The molecule has 0 unspecified atom stereocenters. The smallest absolute Gasteiger partial charge is 0.354 e. The lowest BCUT2D eigenvalue weighted by atomic mass is 9.77. The maximum Gasteiger partial charge on any atom is 0.354 e. The average Bonchev–Trinajstić information content (AvgIpc) is 3.03. The summed E-state index contributed by atoms with van der Waals surface area (Å²) >= 11 is 2.39. The Morgan fingerprint density at radius 1 is 1.38 bits per heavy atom. The molecule has 2 aliphatic heterocycles. The monoisotopic (exact) mass is 481 g/mol. The highest BCUT2D eigenvalue weighted by Crippen LogP contribution is 2.62. The van der Waals surface area contributed by atoms with E-state index in [1.807, 2.05) is 0 Å². The van der Waals surface area contributed by atoms with Gasteiger partial charge in [-0.3, -0.25) is 24.6 Å². The van der Waals surface area contributed by atoms with Gasteiger partial charge in [-0.1, -0.05) is 30.8 Å². The number of thioether (sulfide) groups is 2. The van der Waals surface area contributed by atoms with E-state index in [2.05, 4.69) is 5.32 Å². The standard InChI is InChI=1S/C20H23N3O7S2/c1-3-13(24)15-17(26)22-16(18(27)28)19(31-9-8-14(25)21-2)32-20(15,22)10-11-4-6-12(7-5-11)23(29)30/h4-7,13,15,24H,3,8-10H2,1-2H3,(H,21,25)(H,27,28)/t13-,15+,20+/m0/s1. The van der Waals surface area contributed by atoms with Gasteiger partial charge in [-0.15, -0.1) is 11.8 Å². The van der Waals surface area contributed by atoms with Gasteiger partial charge in [0.1, 0.15) is 4.87 Å². The fraction of sp³-hybridized carbons (Fsp3) is 0.450. The van der Waals surface area contributed by atoms with Crippen LogP contribution in [0.2, 0.25) is 0 Å². The second kappa shape index (κ2) is 9.51. The van der Waals surface area contributed by atoms with Crippen molar-refractivity contribution in [2.45, 2.75) is 37.2 Å². The summed E-state index contributed by atoms with van der Waals surface area (Å²) in [6.45, 7) is 1.74. The van der Waals surface area contributed by atoms with Gasteiger partial charge in [0.2, 0.25) is 11.8 Å². The molecule has 3 N–H and O–H groups in total. The number of carboxylic acids is 1. The molecule has 0 saturated carbocycles. The molecule has 2 heterocycles. The third-order valence-electron chi connectivity index (χ3n) is 5.49. The predicted molar refractivity (Wildman–Crippen MR) is 120 cm³/mol. The summed E-state index contributed by atoms with van der Waals surface area (Å²) in [5, 5.41) is 33.9. The van der Waals surface area contributed by atoms with Crippen LogP contribution in [0.4, 0.5) is 5.69 Å². The number of aliphatic hydroxyl groups is 1. The van der Waals surface area contributed by atoms with Crippen molar-refractivity contribution in [3.63, 3.8) is 0 Å². The number of aliphatic hydroxyl groups excluding tert-OH is 1. The molecule has 1 fully saturated rings. The van der Waals surface area contributed by atoms with E-state index in [-0.39, 0.29) is 30.1 Å². The molecule has 3 atom stereocenters. The molecule has 0 spiro atoms. The van der Waals surface area contributed by atoms with Crippen molar-refractivity contribution < 1.29 is 29.5 Å². The molecule has 0 aromatic heterocycles. The normalized spacial score (nSPS) is 22.9. The average molecular weight is 482 g/mol. The SMILES string of the molecule is CC[C@H](O)[C@@H]1C(=O)N2C(C(=O)O)=C(SCCC(=O)NC)S[C@]12Cc1ccc([N+](=O)[O-])cc1. The summed E-state index contributed by atoms with van der Waals surface area (Å²) in [5.41, 5.74) is 0.449. The van der Waals surface area contributed by atoms with Crippen molar-refractivity contribution in [1.29, 1.82) is 0 Å². The minimum atomic E-state index is -1.26. The third-order valence-corrected chi connectivity index (χ3v) is 8.27. The second-order valence-electron chi connectivity index (χ2n) is 7.39. The lowest BCUT2D eigenvalue weighted by Gasteiger charge is -2.54. The summed E-state index contributed by atoms with van der Waals surface area (Å²) in [4.78, 5) is 47.2. The summed E-state index contributed by atoms with van der Waals surface area (Å²) in [7, 11) is 1.51. The van der Waals surface area contributed by atoms with E-state index in [1.165, 1.54) is 47.6 Å². The largest absolute Gasteiger partial charge is 0.477 e. The van der Waals surface area contributed by atoms with Crippen LogP contribution in [0.25, 0.3) is 0 Å². The highest BCUT2D eigenvalue weighted by molar-refractivity contribution is 8.23. The molecular weight excluding hydrogens is 458 g/mol. The number of carbonyl (C=O) groups is 3. The van der Waals surface area contributed by atoms with Gasteiger partial charge in [0.25, 0.3) is 5.69 Å². The number of carbonyl (C=O) groups excluding carboxylic acids is 2. The number of β-lactam (4-membered cyclic amide) rings is 1. The molecule has 1 aromatic carbocycles. The Balaban J connectivity index is 1.94. The first-order valence-corrected chi connectivity index (χ1v) is 11.7. The molecule has 1 aromatic rings. The minimum absolute atomic E-state index is 0.0770. The molecular formula is C20H23N3O7S2. The molecule has 12 heteroatoms. The zero-order valence-corrected chi connectivity index (χ0v) is 19.1. The summed E-state index contributed by atoms with van der Waals surface area (Å²) in [6.07, 6.45) is -0.259. The van der Waals surface area contributed by atoms with E-state index < -0.39 is 33.7 Å². The fourth-order valence-electron chi connectivity index (χ4n) is 3.90. The number of nitro groups is 1. The Morgan fingerprint density at radius 2 is 2.03 bits per heavy atom. The van der Waals surface area contributed by atoms with E-state index >= 15 is 0 Å². The Labute approximate surface area is 192 Å². The Hall–Kier alpha value is -2.57. The van der Waals surface area contributed by atoms with Gasteiger partial charge < -0.3 is 15.5 Å². The lowest BCUT2D eigenvalue weighted by Crippen LogP contribution is -2.71. The number of nitro benzene ring substituents is 1. The fourth-order valence-corrected chi connectivity index (χ4v) is 7.10. The van der Waals surface area contributed by atoms with E-state index in [1.54, 1.807) is 19.1 Å². The Bertz CT molecular complexity index is 982. The van der Waals surface area contributed by atoms with Crippen molar-refractivity contribution in [1.82, 2.24) is 10.2 Å². The number of nitrogens with one attached hydrogen (secondary N) is 1. The number of rotatable bonds is 10. The predicted octanol–water partition coefficient (Wildman–Crippen LogP) is 1.93. The zero-order chi connectivity index (χ0) is 23.6. The van der Waals surface area contributed by atoms with Crippen LogP contribution >= 0.6 is 23.5 Å². The quantitative estimate of drug-likeness (QED) is 0.259. The van der Waals surface area contributed by atoms with Crippen molar-refractivity contribution in [3.05, 3.63) is 49.9 Å². The Morgan fingerprint density at radius 3 is 2.56 bits per heavy atom. The number of aliphatic carboxylic acids is 1. The van der Waals surface area contributed by atoms with E-state index in [4.69, 9.17) is 0 Å². The number of benzene rings is 1. The van der Waals surface area contributed by atoms with Crippen molar-refractivity contribution >= 4 is 47.0 Å². The van der Waals surface area contributed by atoms with Crippen molar-refractivity contribution in [2.75, 3.05) is 12.8 Å². The molecule has 0 aliphatic carbocycles. The van der Waals surface area contributed by atoms with Crippen LogP contribution in [0.3, 0.4) is 0 Å². The number of hydrogen-bond donors (Lipinski definition) is 3. The van der Waals surface area contributed by atoms with Gasteiger partial charge in [-0.05, 0) is 12.0 Å². The van der Waals surface area contributed by atoms with Gasteiger partial charge in [-0.2, -0.15) is 0 Å². The summed E-state index contributed by atoms with van der Waals surface area (Å²) in [5.74, 6) is -2.40. The highest BCUT2D eigenvalue weighted by atomic mass is 32.2. The van der Waals surface area contributed by atoms with Crippen LogP contribution in [0.1, 0.15) is 25.3 Å². The van der Waals surface area contributed by atoms with Gasteiger partial charge >= 0.3 is 5.97 Å². The van der Waals surface area contributed by atoms with E-state index in [0.29, 0.717) is 22.0 Å². The number of non-ortho nitro benzene ring substituents is 1. The van der Waals surface area contributed by atoms with E-state index in [9.17, 15) is 34.7 Å². The maximum absolute atomic E-state index is 13.0. The molecule has 1 saturated heterocycles. The first-order chi connectivity index (χ1) is 15.2. The topological polar surface area (TPSA) is 150 Å². The Kier molecular flexibility index (Phi) is 7.16. The highest BCUT2D eigenvalue weighted by Gasteiger charge is 2.68. The molecule has 0 radical (unpaired) electrons. The lowest BCUT2D eigenvalue weighted by molar-refractivity contribution is -0.384. The van der Waals surface area contributed by atoms with Crippen LogP contribution in [-0.2, 0) is 20.8 Å². The van der Waals surface area contributed by atoms with Crippen LogP contribution in [-0.4, -0.2) is 61.6 Å². The van der Waals surface area contributed by atoms with Gasteiger partial charge in [-0.25, -0.2) is 4.79 Å². The minimum Gasteiger partial charge on any atom is -0.477 e. The van der Waals surface area contributed by atoms with Crippen LogP contribution in [0.5, 0.6) is 0 Å². The number of amides is 2. The van der Waals surface area contributed by atoms with Crippen LogP contribution < -0.4 is 5.32 Å². The number of nitrogens with zero attached hydrogens (tertiary/aromatic N) is 2. The second-order valence-corrected chi connectivity index (χ2v) is 10.1. The molecule has 32 heavy (non-hydrogen) atoms. The molecule has 2 amide bonds. The van der Waals surface area contributed by atoms with Crippen LogP contribution in [0, 0.1) is 16.0 Å². The van der Waals surface area contributed by atoms with Crippen LogP contribution in [0.15, 0.2) is 34.2 Å². The first-order valence-electron chi connectivity index (χ1n) is 9.91. The molecule has 10 nitrogen and oxygen atoms in total. The summed E-state index contributed by atoms with van der Waals surface area (Å²) in [6, 6.07) is 5.85. The van der Waals surface area contributed by atoms with Crippen molar-refractivity contribution in [3.8, 4) is 0 Å². The number of carboxylic acid groups (broad SMARTS) is 1. The van der Waals surface area contributed by atoms with E-state index in [0.717, 1.165) is 0 Å². The molecule has 0 bridgehead atoms.